The van der Waals surface area contributed by atoms with Crippen LogP contribution in [-0.4, -0.2) is 42.8 Å². The van der Waals surface area contributed by atoms with Crippen LogP contribution < -0.4 is 5.73 Å². The topological polar surface area (TPSA) is 38.5 Å². The van der Waals surface area contributed by atoms with E-state index in [2.05, 4.69) is 34.7 Å². The predicted molar refractivity (Wildman–Crippen MR) is 82.3 cm³/mol. The number of rotatable bonds is 4. The van der Waals surface area contributed by atoms with Crippen molar-refractivity contribution < 1.29 is 9.13 Å². The van der Waals surface area contributed by atoms with Crippen molar-refractivity contribution in [2.45, 2.75) is 31.8 Å². The largest absolute Gasteiger partial charge is 0.379 e. The third-order valence-electron chi connectivity index (χ3n) is 4.19. The molecule has 2 rings (SSSR count). The second-order valence-corrected chi connectivity index (χ2v) is 6.65. The fraction of sp³-hybridized carbons (Fsp3) is 0.600. The molecule has 0 saturated carbocycles. The molecule has 0 amide bonds. The Morgan fingerprint density at radius 2 is 2.05 bits per heavy atom. The highest BCUT2D eigenvalue weighted by atomic mass is 79.9. The first-order valence-electron chi connectivity index (χ1n) is 6.93. The van der Waals surface area contributed by atoms with Crippen LogP contribution in [0, 0.1) is 5.82 Å². The minimum absolute atomic E-state index is 0.0256. The van der Waals surface area contributed by atoms with Gasteiger partial charge in [-0.3, -0.25) is 4.90 Å². The molecule has 1 unspecified atom stereocenters. The van der Waals surface area contributed by atoms with Crippen LogP contribution >= 0.6 is 15.9 Å². The highest BCUT2D eigenvalue weighted by Crippen LogP contribution is 2.25. The van der Waals surface area contributed by atoms with Crippen molar-refractivity contribution in [3.63, 3.8) is 0 Å². The number of hydrogen-bond donors (Lipinski definition) is 1. The van der Waals surface area contributed by atoms with Crippen molar-refractivity contribution in [1.29, 1.82) is 0 Å². The van der Waals surface area contributed by atoms with Crippen molar-refractivity contribution in [2.24, 2.45) is 5.73 Å². The van der Waals surface area contributed by atoms with E-state index in [-0.39, 0.29) is 17.4 Å². The van der Waals surface area contributed by atoms with Gasteiger partial charge in [0.05, 0.1) is 13.2 Å². The molecule has 0 bridgehead atoms. The molecular formula is C15H22BrFN2O. The number of nitrogens with two attached hydrogens (primary N) is 1. The Hall–Kier alpha value is -0.490. The molecule has 2 N–H and O–H groups in total. The molecule has 1 saturated heterocycles. The molecule has 0 radical (unpaired) electrons. The first-order valence-corrected chi connectivity index (χ1v) is 7.73. The van der Waals surface area contributed by atoms with E-state index < -0.39 is 0 Å². The summed E-state index contributed by atoms with van der Waals surface area (Å²) in [6, 6.07) is 4.75. The highest BCUT2D eigenvalue weighted by Gasteiger charge is 2.34. The molecular weight excluding hydrogens is 323 g/mol. The Morgan fingerprint density at radius 3 is 2.65 bits per heavy atom. The van der Waals surface area contributed by atoms with Crippen LogP contribution in [0.3, 0.4) is 0 Å². The number of benzene rings is 1. The van der Waals surface area contributed by atoms with Crippen LogP contribution in [0.5, 0.6) is 0 Å². The van der Waals surface area contributed by atoms with E-state index in [0.717, 1.165) is 36.3 Å². The Bertz CT molecular complexity index is 461. The van der Waals surface area contributed by atoms with Crippen LogP contribution in [0.15, 0.2) is 22.7 Å². The van der Waals surface area contributed by atoms with Gasteiger partial charge in [0.2, 0.25) is 0 Å². The summed E-state index contributed by atoms with van der Waals surface area (Å²) in [6.45, 7) is 7.67. The molecule has 1 heterocycles. The molecule has 1 fully saturated rings. The van der Waals surface area contributed by atoms with Crippen LogP contribution in [0.2, 0.25) is 0 Å². The zero-order valence-corrected chi connectivity index (χ0v) is 13.6. The summed E-state index contributed by atoms with van der Waals surface area (Å²) < 4.78 is 19.3. The van der Waals surface area contributed by atoms with E-state index in [0.29, 0.717) is 6.42 Å². The number of morpholine rings is 1. The third-order valence-corrected chi connectivity index (χ3v) is 4.93. The van der Waals surface area contributed by atoms with Crippen molar-refractivity contribution in [1.82, 2.24) is 4.90 Å². The molecule has 20 heavy (non-hydrogen) atoms. The zero-order valence-electron chi connectivity index (χ0n) is 12.0. The van der Waals surface area contributed by atoms with Gasteiger partial charge in [0.25, 0.3) is 0 Å². The fourth-order valence-electron chi connectivity index (χ4n) is 2.55. The highest BCUT2D eigenvalue weighted by molar-refractivity contribution is 9.10. The molecule has 0 aromatic heterocycles. The molecule has 1 aliphatic heterocycles. The van der Waals surface area contributed by atoms with Gasteiger partial charge < -0.3 is 10.5 Å². The number of halogens is 2. The Labute approximate surface area is 128 Å². The zero-order chi connectivity index (χ0) is 14.8. The van der Waals surface area contributed by atoms with Crippen LogP contribution in [0.1, 0.15) is 19.4 Å². The molecule has 1 aliphatic rings. The summed E-state index contributed by atoms with van der Waals surface area (Å²) in [6.07, 6.45) is 0.714. The van der Waals surface area contributed by atoms with Crippen LogP contribution in [0.25, 0.3) is 0 Å². The van der Waals surface area contributed by atoms with E-state index in [1.165, 1.54) is 12.1 Å². The summed E-state index contributed by atoms with van der Waals surface area (Å²) in [5.74, 6) is -0.235. The fourth-order valence-corrected chi connectivity index (χ4v) is 3.06. The van der Waals surface area contributed by atoms with Gasteiger partial charge in [-0.2, -0.15) is 0 Å². The second-order valence-electron chi connectivity index (χ2n) is 5.80. The minimum Gasteiger partial charge on any atom is -0.379 e. The van der Waals surface area contributed by atoms with Crippen molar-refractivity contribution in [2.75, 3.05) is 26.3 Å². The van der Waals surface area contributed by atoms with Gasteiger partial charge in [0.15, 0.2) is 0 Å². The molecule has 1 atom stereocenters. The quantitative estimate of drug-likeness (QED) is 0.912. The molecule has 0 spiro atoms. The molecule has 1 aromatic carbocycles. The number of ether oxygens (including phenoxy) is 1. The average Bonchev–Trinajstić information content (AvgIpc) is 2.42. The summed E-state index contributed by atoms with van der Waals surface area (Å²) >= 11 is 3.41. The van der Waals surface area contributed by atoms with E-state index in [1.54, 1.807) is 6.07 Å². The first kappa shape index (κ1) is 15.9. The SMILES string of the molecule is CC(C)(C(N)Cc1ccc(F)cc1Br)N1CCOCC1. The number of nitrogens with zero attached hydrogens (tertiary/aromatic N) is 1. The van der Waals surface area contributed by atoms with Gasteiger partial charge in [-0.1, -0.05) is 22.0 Å². The smallest absolute Gasteiger partial charge is 0.124 e. The van der Waals surface area contributed by atoms with Crippen LogP contribution in [0.4, 0.5) is 4.39 Å². The summed E-state index contributed by atoms with van der Waals surface area (Å²) in [4.78, 5) is 2.37. The van der Waals surface area contributed by atoms with E-state index in [4.69, 9.17) is 10.5 Å². The maximum Gasteiger partial charge on any atom is 0.124 e. The van der Waals surface area contributed by atoms with Gasteiger partial charge in [0.1, 0.15) is 5.82 Å². The Kier molecular flexibility index (Phi) is 5.18. The minimum atomic E-state index is -0.235. The summed E-state index contributed by atoms with van der Waals surface area (Å²) in [5, 5.41) is 0. The average molecular weight is 345 g/mol. The predicted octanol–water partition coefficient (Wildman–Crippen LogP) is 2.57. The van der Waals surface area contributed by atoms with Gasteiger partial charge in [-0.25, -0.2) is 4.39 Å². The van der Waals surface area contributed by atoms with Crippen molar-refractivity contribution >= 4 is 15.9 Å². The lowest BCUT2D eigenvalue weighted by Gasteiger charge is -2.44. The molecule has 0 aliphatic carbocycles. The lowest BCUT2D eigenvalue weighted by molar-refractivity contribution is -0.0186. The maximum atomic E-state index is 13.1. The first-order chi connectivity index (χ1) is 9.41. The van der Waals surface area contributed by atoms with Crippen molar-refractivity contribution in [3.8, 4) is 0 Å². The number of hydrogen-bond acceptors (Lipinski definition) is 3. The molecule has 112 valence electrons. The maximum absolute atomic E-state index is 13.1. The van der Waals surface area contributed by atoms with Gasteiger partial charge in [0, 0.05) is 29.1 Å². The van der Waals surface area contributed by atoms with Gasteiger partial charge in [-0.05, 0) is 38.0 Å². The molecule has 5 heteroatoms. The van der Waals surface area contributed by atoms with Gasteiger partial charge in [-0.15, -0.1) is 0 Å². The van der Waals surface area contributed by atoms with E-state index in [9.17, 15) is 4.39 Å². The third kappa shape index (κ3) is 3.58. The second kappa shape index (κ2) is 6.52. The lowest BCUT2D eigenvalue weighted by atomic mass is 9.88. The molecule has 3 nitrogen and oxygen atoms in total. The standard InChI is InChI=1S/C15H22BrFN2O/c1-15(2,19-5-7-20-8-6-19)14(18)9-11-3-4-12(17)10-13(11)16/h3-4,10,14H,5-9,18H2,1-2H3. The summed E-state index contributed by atoms with van der Waals surface area (Å²) in [5.41, 5.74) is 7.35. The Balaban J connectivity index is 2.07. The Morgan fingerprint density at radius 1 is 1.40 bits per heavy atom. The molecule has 1 aromatic rings. The van der Waals surface area contributed by atoms with Crippen molar-refractivity contribution in [3.05, 3.63) is 34.1 Å². The van der Waals surface area contributed by atoms with E-state index >= 15 is 0 Å². The summed E-state index contributed by atoms with van der Waals surface area (Å²) in [7, 11) is 0. The lowest BCUT2D eigenvalue weighted by Crippen LogP contribution is -2.59. The van der Waals surface area contributed by atoms with Gasteiger partial charge >= 0.3 is 0 Å². The normalized spacial score (nSPS) is 19.1. The van der Waals surface area contributed by atoms with E-state index in [1.807, 2.05) is 0 Å². The van der Waals surface area contributed by atoms with Crippen LogP contribution in [-0.2, 0) is 11.2 Å². The monoisotopic (exact) mass is 344 g/mol.